The zero-order valence-electron chi connectivity index (χ0n) is 17.4. The van der Waals surface area contributed by atoms with Crippen LogP contribution in [0.1, 0.15) is 42.5 Å². The summed E-state index contributed by atoms with van der Waals surface area (Å²) < 4.78 is 48.3. The molecular weight excluding hydrogens is 433 g/mol. The van der Waals surface area contributed by atoms with E-state index in [1.54, 1.807) is 18.2 Å². The number of sulfonamides is 1. The van der Waals surface area contributed by atoms with Gasteiger partial charge in [-0.25, -0.2) is 17.6 Å². The van der Waals surface area contributed by atoms with E-state index in [9.17, 15) is 17.6 Å². The van der Waals surface area contributed by atoms with Gasteiger partial charge >= 0.3 is 5.97 Å². The van der Waals surface area contributed by atoms with Crippen LogP contribution in [0.15, 0.2) is 59.5 Å². The molecule has 1 fully saturated rings. The number of halogens is 1. The van der Waals surface area contributed by atoms with Gasteiger partial charge in [0, 0.05) is 16.5 Å². The van der Waals surface area contributed by atoms with Crippen LogP contribution in [0.5, 0.6) is 5.75 Å². The van der Waals surface area contributed by atoms with Crippen LogP contribution in [-0.2, 0) is 10.0 Å². The van der Waals surface area contributed by atoms with Crippen molar-refractivity contribution in [2.24, 2.45) is 5.92 Å². The molecule has 6 nitrogen and oxygen atoms in total. The summed E-state index contributed by atoms with van der Waals surface area (Å²) in [5.74, 6) is -1.28. The van der Waals surface area contributed by atoms with Gasteiger partial charge in [-0.15, -0.1) is 0 Å². The van der Waals surface area contributed by atoms with Crippen molar-refractivity contribution in [2.75, 3.05) is 11.3 Å². The maximum absolute atomic E-state index is 13.7. The van der Waals surface area contributed by atoms with Crippen LogP contribution < -0.4 is 9.46 Å². The first-order valence-electron chi connectivity index (χ1n) is 10.6. The van der Waals surface area contributed by atoms with E-state index in [0.717, 1.165) is 25.0 Å². The quantitative estimate of drug-likeness (QED) is 0.493. The van der Waals surface area contributed by atoms with Gasteiger partial charge in [0.15, 0.2) is 0 Å². The minimum atomic E-state index is -4.07. The first-order valence-corrected chi connectivity index (χ1v) is 12.0. The standard InChI is InChI=1S/C24H24FNO5S/c25-21-11-10-17(14-20(21)24(27)28)26-32(29,30)23-13-12-22(18-8-4-5-9-19(18)23)31-15-16-6-2-1-3-7-16/h4-5,8-14,16,26H,1-3,6-7,15H2,(H,27,28). The molecule has 32 heavy (non-hydrogen) atoms. The molecule has 4 rings (SSSR count). The van der Waals surface area contributed by atoms with Crippen molar-refractivity contribution in [1.82, 2.24) is 0 Å². The van der Waals surface area contributed by atoms with Crippen molar-refractivity contribution in [3.05, 3.63) is 66.0 Å². The highest BCUT2D eigenvalue weighted by Crippen LogP contribution is 2.33. The molecule has 0 radical (unpaired) electrons. The molecule has 0 spiro atoms. The van der Waals surface area contributed by atoms with E-state index < -0.39 is 27.4 Å². The van der Waals surface area contributed by atoms with E-state index in [-0.39, 0.29) is 10.6 Å². The summed E-state index contributed by atoms with van der Waals surface area (Å²) in [6, 6.07) is 13.3. The van der Waals surface area contributed by atoms with Crippen molar-refractivity contribution in [2.45, 2.75) is 37.0 Å². The summed E-state index contributed by atoms with van der Waals surface area (Å²) in [5, 5.41) is 10.3. The topological polar surface area (TPSA) is 92.7 Å². The lowest BCUT2D eigenvalue weighted by Gasteiger charge is -2.22. The Morgan fingerprint density at radius 3 is 2.47 bits per heavy atom. The highest BCUT2D eigenvalue weighted by molar-refractivity contribution is 7.93. The van der Waals surface area contributed by atoms with E-state index in [2.05, 4.69) is 4.72 Å². The van der Waals surface area contributed by atoms with E-state index in [1.807, 2.05) is 12.1 Å². The van der Waals surface area contributed by atoms with Crippen LogP contribution >= 0.6 is 0 Å². The second kappa shape index (κ2) is 9.16. The molecule has 3 aromatic carbocycles. The molecule has 0 amide bonds. The summed E-state index contributed by atoms with van der Waals surface area (Å²) in [5.41, 5.74) is -0.646. The lowest BCUT2D eigenvalue weighted by atomic mass is 9.90. The van der Waals surface area contributed by atoms with Crippen molar-refractivity contribution in [1.29, 1.82) is 0 Å². The monoisotopic (exact) mass is 457 g/mol. The predicted octanol–water partition coefficient (Wildman–Crippen LogP) is 5.44. The van der Waals surface area contributed by atoms with Gasteiger partial charge in [-0.3, -0.25) is 4.72 Å². The number of anilines is 1. The van der Waals surface area contributed by atoms with Crippen LogP contribution in [0.3, 0.4) is 0 Å². The smallest absolute Gasteiger partial charge is 0.338 e. The Morgan fingerprint density at radius 2 is 1.75 bits per heavy atom. The fourth-order valence-electron chi connectivity index (χ4n) is 4.13. The van der Waals surface area contributed by atoms with Crippen molar-refractivity contribution in [3.63, 3.8) is 0 Å². The molecule has 0 aromatic heterocycles. The van der Waals surface area contributed by atoms with Crippen LogP contribution in [-0.4, -0.2) is 26.1 Å². The number of fused-ring (bicyclic) bond motifs is 1. The van der Waals surface area contributed by atoms with E-state index in [0.29, 0.717) is 29.0 Å². The molecule has 0 atom stereocenters. The van der Waals surface area contributed by atoms with Crippen LogP contribution in [0.25, 0.3) is 10.8 Å². The molecule has 0 saturated heterocycles. The normalized spacial score (nSPS) is 14.9. The zero-order chi connectivity index (χ0) is 22.7. The summed E-state index contributed by atoms with van der Waals surface area (Å²) in [6.07, 6.45) is 5.98. The first-order chi connectivity index (χ1) is 15.3. The molecule has 0 heterocycles. The number of hydrogen-bond acceptors (Lipinski definition) is 4. The number of ether oxygens (including phenoxy) is 1. The van der Waals surface area contributed by atoms with E-state index in [1.165, 1.54) is 31.4 Å². The third-order valence-electron chi connectivity index (χ3n) is 5.78. The van der Waals surface area contributed by atoms with Crippen molar-refractivity contribution in [3.8, 4) is 5.75 Å². The Morgan fingerprint density at radius 1 is 1.03 bits per heavy atom. The van der Waals surface area contributed by atoms with Gasteiger partial charge in [-0.2, -0.15) is 0 Å². The van der Waals surface area contributed by atoms with E-state index >= 15 is 0 Å². The molecule has 168 valence electrons. The maximum atomic E-state index is 13.7. The van der Waals surface area contributed by atoms with Crippen LogP contribution in [0.4, 0.5) is 10.1 Å². The van der Waals surface area contributed by atoms with Crippen molar-refractivity contribution >= 4 is 32.5 Å². The average molecular weight is 458 g/mol. The molecule has 0 aliphatic heterocycles. The minimum absolute atomic E-state index is 0.0271. The Hall–Kier alpha value is -3.13. The van der Waals surface area contributed by atoms with Gasteiger partial charge in [0.1, 0.15) is 11.6 Å². The number of benzene rings is 3. The van der Waals surface area contributed by atoms with Gasteiger partial charge in [0.05, 0.1) is 17.1 Å². The maximum Gasteiger partial charge on any atom is 0.338 e. The second-order valence-electron chi connectivity index (χ2n) is 8.03. The Balaban J connectivity index is 1.64. The van der Waals surface area contributed by atoms with Gasteiger partial charge < -0.3 is 9.84 Å². The van der Waals surface area contributed by atoms with Crippen molar-refractivity contribution < 1.29 is 27.4 Å². The summed E-state index contributed by atoms with van der Waals surface area (Å²) in [6.45, 7) is 0.599. The molecule has 1 aliphatic carbocycles. The second-order valence-corrected chi connectivity index (χ2v) is 9.68. The van der Waals surface area contributed by atoms with Gasteiger partial charge in [-0.05, 0) is 49.1 Å². The highest BCUT2D eigenvalue weighted by atomic mass is 32.2. The number of hydrogen-bond donors (Lipinski definition) is 2. The number of carboxylic acid groups (broad SMARTS) is 1. The predicted molar refractivity (Wildman–Crippen MR) is 120 cm³/mol. The number of carbonyl (C=O) groups is 1. The third kappa shape index (κ3) is 4.70. The number of nitrogens with one attached hydrogen (secondary N) is 1. The molecular formula is C24H24FNO5S. The summed E-state index contributed by atoms with van der Waals surface area (Å²) in [7, 11) is -4.07. The third-order valence-corrected chi connectivity index (χ3v) is 7.22. The molecule has 2 N–H and O–H groups in total. The molecule has 3 aromatic rings. The lowest BCUT2D eigenvalue weighted by Crippen LogP contribution is -2.16. The van der Waals surface area contributed by atoms with Crippen LogP contribution in [0, 0.1) is 11.7 Å². The Kier molecular flexibility index (Phi) is 6.32. The molecule has 8 heteroatoms. The zero-order valence-corrected chi connectivity index (χ0v) is 18.2. The molecule has 1 aliphatic rings. The van der Waals surface area contributed by atoms with E-state index in [4.69, 9.17) is 9.84 Å². The van der Waals surface area contributed by atoms with Gasteiger partial charge in [0.25, 0.3) is 10.0 Å². The molecule has 0 bridgehead atoms. The van der Waals surface area contributed by atoms with Gasteiger partial charge in [0.2, 0.25) is 0 Å². The summed E-state index contributed by atoms with van der Waals surface area (Å²) >= 11 is 0. The average Bonchev–Trinajstić information content (AvgIpc) is 2.79. The van der Waals surface area contributed by atoms with Gasteiger partial charge in [-0.1, -0.05) is 43.5 Å². The Labute approximate surface area is 186 Å². The highest BCUT2D eigenvalue weighted by Gasteiger charge is 2.21. The fraction of sp³-hybridized carbons (Fsp3) is 0.292. The molecule has 0 unspecified atom stereocenters. The number of carboxylic acids is 1. The fourth-order valence-corrected chi connectivity index (χ4v) is 5.39. The summed E-state index contributed by atoms with van der Waals surface area (Å²) in [4.78, 5) is 11.2. The molecule has 1 saturated carbocycles. The number of rotatable bonds is 7. The largest absolute Gasteiger partial charge is 0.493 e. The SMILES string of the molecule is O=C(O)c1cc(NS(=O)(=O)c2ccc(OCC3CCCCC3)c3ccccc23)ccc1F. The Bertz CT molecular complexity index is 1250. The first kappa shape index (κ1) is 22.1. The number of aromatic carboxylic acids is 1. The van der Waals surface area contributed by atoms with Crippen LogP contribution in [0.2, 0.25) is 0 Å². The minimum Gasteiger partial charge on any atom is -0.493 e. The lowest BCUT2D eigenvalue weighted by molar-refractivity contribution is 0.0692.